The second kappa shape index (κ2) is 9.77. The van der Waals surface area contributed by atoms with E-state index in [1.807, 2.05) is 18.2 Å². The Kier molecular flexibility index (Phi) is 6.65. The van der Waals surface area contributed by atoms with Crippen molar-refractivity contribution in [2.75, 3.05) is 20.3 Å². The molecule has 1 saturated carbocycles. The molecule has 0 aliphatic heterocycles. The van der Waals surface area contributed by atoms with Gasteiger partial charge in [-0.25, -0.2) is 0 Å². The van der Waals surface area contributed by atoms with Gasteiger partial charge in [0.2, 0.25) is 0 Å². The molecule has 0 aromatic heterocycles. The molecule has 1 fully saturated rings. The quantitative estimate of drug-likeness (QED) is 0.462. The number of benzene rings is 3. The summed E-state index contributed by atoms with van der Waals surface area (Å²) in [6.07, 6.45) is 3.48. The molecule has 4 heteroatoms. The highest BCUT2D eigenvalue weighted by atomic mass is 16.5. The highest BCUT2D eigenvalue weighted by Crippen LogP contribution is 2.30. The molecule has 3 aromatic carbocycles. The Bertz CT molecular complexity index is 936. The predicted molar refractivity (Wildman–Crippen MR) is 117 cm³/mol. The van der Waals surface area contributed by atoms with Gasteiger partial charge < -0.3 is 19.5 Å². The number of ether oxygens (including phenoxy) is 3. The first kappa shape index (κ1) is 19.7. The van der Waals surface area contributed by atoms with Crippen LogP contribution in [0.25, 0.3) is 10.8 Å². The minimum atomic E-state index is 0.513. The van der Waals surface area contributed by atoms with E-state index in [9.17, 15) is 0 Å². The third-order valence-corrected chi connectivity index (χ3v) is 5.19. The fraction of sp³-hybridized carbons (Fsp3) is 0.360. The van der Waals surface area contributed by atoms with E-state index in [4.69, 9.17) is 14.2 Å². The molecular formula is C25H29NO3. The zero-order valence-electron chi connectivity index (χ0n) is 17.0. The van der Waals surface area contributed by atoms with Crippen LogP contribution in [0.1, 0.15) is 30.4 Å². The van der Waals surface area contributed by atoms with Gasteiger partial charge in [-0.3, -0.25) is 0 Å². The SMILES string of the molecule is COCCCOc1cccc(COc2ccc(CNC3CC3)c3ccccc23)c1. The number of hydrogen-bond donors (Lipinski definition) is 1. The zero-order valence-corrected chi connectivity index (χ0v) is 17.0. The molecule has 1 N–H and O–H groups in total. The van der Waals surface area contributed by atoms with Gasteiger partial charge in [-0.05, 0) is 47.6 Å². The molecule has 3 aromatic rings. The normalized spacial score (nSPS) is 13.6. The number of hydrogen-bond acceptors (Lipinski definition) is 4. The molecule has 0 spiro atoms. The van der Waals surface area contributed by atoms with E-state index in [1.54, 1.807) is 7.11 Å². The van der Waals surface area contributed by atoms with Crippen LogP contribution in [0.4, 0.5) is 0 Å². The molecule has 1 aliphatic rings. The monoisotopic (exact) mass is 391 g/mol. The van der Waals surface area contributed by atoms with Gasteiger partial charge in [0.15, 0.2) is 0 Å². The Labute approximate surface area is 172 Å². The summed E-state index contributed by atoms with van der Waals surface area (Å²) in [7, 11) is 1.71. The first-order chi connectivity index (χ1) is 14.3. The van der Waals surface area contributed by atoms with Crippen LogP contribution in [0.2, 0.25) is 0 Å². The Morgan fingerprint density at radius 3 is 2.59 bits per heavy atom. The summed E-state index contributed by atoms with van der Waals surface area (Å²) in [5.41, 5.74) is 2.42. The Balaban J connectivity index is 1.42. The molecule has 1 aliphatic carbocycles. The van der Waals surface area contributed by atoms with E-state index in [2.05, 4.69) is 47.8 Å². The number of rotatable bonds is 11. The van der Waals surface area contributed by atoms with Gasteiger partial charge in [0.05, 0.1) is 6.61 Å². The summed E-state index contributed by atoms with van der Waals surface area (Å²) < 4.78 is 17.1. The van der Waals surface area contributed by atoms with Gasteiger partial charge in [-0.1, -0.05) is 42.5 Å². The van der Waals surface area contributed by atoms with Gasteiger partial charge in [0.25, 0.3) is 0 Å². The summed E-state index contributed by atoms with van der Waals surface area (Å²) in [5.74, 6) is 1.79. The molecule has 4 nitrogen and oxygen atoms in total. The van der Waals surface area contributed by atoms with Crippen molar-refractivity contribution < 1.29 is 14.2 Å². The van der Waals surface area contributed by atoms with Crippen LogP contribution >= 0.6 is 0 Å². The average Bonchev–Trinajstić information content (AvgIpc) is 3.59. The van der Waals surface area contributed by atoms with Gasteiger partial charge >= 0.3 is 0 Å². The largest absolute Gasteiger partial charge is 0.493 e. The van der Waals surface area contributed by atoms with Crippen molar-refractivity contribution in [3.63, 3.8) is 0 Å². The zero-order chi connectivity index (χ0) is 19.9. The fourth-order valence-corrected chi connectivity index (χ4v) is 3.44. The first-order valence-electron chi connectivity index (χ1n) is 10.4. The van der Waals surface area contributed by atoms with Crippen LogP contribution in [0.15, 0.2) is 60.7 Å². The van der Waals surface area contributed by atoms with Crippen molar-refractivity contribution in [3.8, 4) is 11.5 Å². The van der Waals surface area contributed by atoms with Crippen molar-refractivity contribution in [1.82, 2.24) is 5.32 Å². The van der Waals surface area contributed by atoms with Crippen LogP contribution in [-0.4, -0.2) is 26.4 Å². The van der Waals surface area contributed by atoms with E-state index < -0.39 is 0 Å². The molecule has 0 heterocycles. The minimum Gasteiger partial charge on any atom is -0.493 e. The maximum Gasteiger partial charge on any atom is 0.127 e. The lowest BCUT2D eigenvalue weighted by Gasteiger charge is -2.14. The Morgan fingerprint density at radius 2 is 1.76 bits per heavy atom. The molecular weight excluding hydrogens is 362 g/mol. The first-order valence-corrected chi connectivity index (χ1v) is 10.4. The van der Waals surface area contributed by atoms with Gasteiger partial charge in [-0.15, -0.1) is 0 Å². The second-order valence-corrected chi connectivity index (χ2v) is 7.55. The summed E-state index contributed by atoms with van der Waals surface area (Å²) in [6, 6.07) is 21.6. The van der Waals surface area contributed by atoms with Gasteiger partial charge in [-0.2, -0.15) is 0 Å². The molecule has 0 unspecified atom stereocenters. The average molecular weight is 392 g/mol. The molecule has 4 rings (SSSR count). The smallest absolute Gasteiger partial charge is 0.127 e. The van der Waals surface area contributed by atoms with E-state index in [0.717, 1.165) is 35.4 Å². The third-order valence-electron chi connectivity index (χ3n) is 5.19. The summed E-state index contributed by atoms with van der Waals surface area (Å²) in [5, 5.41) is 6.03. The molecule has 29 heavy (non-hydrogen) atoms. The van der Waals surface area contributed by atoms with Crippen LogP contribution in [0.5, 0.6) is 11.5 Å². The van der Waals surface area contributed by atoms with E-state index in [1.165, 1.54) is 23.8 Å². The highest BCUT2D eigenvalue weighted by molar-refractivity contribution is 5.91. The second-order valence-electron chi connectivity index (χ2n) is 7.55. The van der Waals surface area contributed by atoms with Crippen molar-refractivity contribution in [2.45, 2.75) is 38.5 Å². The van der Waals surface area contributed by atoms with Crippen molar-refractivity contribution in [1.29, 1.82) is 0 Å². The Morgan fingerprint density at radius 1 is 0.897 bits per heavy atom. The van der Waals surface area contributed by atoms with Crippen LogP contribution in [0, 0.1) is 0 Å². The van der Waals surface area contributed by atoms with Crippen LogP contribution in [-0.2, 0) is 17.9 Å². The molecule has 0 radical (unpaired) electrons. The maximum atomic E-state index is 6.20. The predicted octanol–water partition coefficient (Wildman–Crippen LogP) is 5.09. The minimum absolute atomic E-state index is 0.513. The van der Waals surface area contributed by atoms with Crippen molar-refractivity contribution >= 4 is 10.8 Å². The van der Waals surface area contributed by atoms with E-state index in [0.29, 0.717) is 25.9 Å². The summed E-state index contributed by atoms with van der Waals surface area (Å²) >= 11 is 0. The molecule has 0 amide bonds. The van der Waals surface area contributed by atoms with Gasteiger partial charge in [0.1, 0.15) is 18.1 Å². The van der Waals surface area contributed by atoms with E-state index in [-0.39, 0.29) is 0 Å². The lowest BCUT2D eigenvalue weighted by atomic mass is 10.0. The number of fused-ring (bicyclic) bond motifs is 1. The maximum absolute atomic E-state index is 6.20. The topological polar surface area (TPSA) is 39.7 Å². The molecule has 0 saturated heterocycles. The standard InChI is InChI=1S/C25H29NO3/c1-27-14-5-15-28-22-7-4-6-19(16-22)18-29-25-13-10-20(17-26-21-11-12-21)23-8-2-3-9-24(23)25/h2-4,6-10,13,16,21,26H,5,11-12,14-15,17-18H2,1H3. The molecule has 0 atom stereocenters. The lowest BCUT2D eigenvalue weighted by Crippen LogP contribution is -2.15. The van der Waals surface area contributed by atoms with Crippen LogP contribution in [0.3, 0.4) is 0 Å². The highest BCUT2D eigenvalue weighted by Gasteiger charge is 2.20. The van der Waals surface area contributed by atoms with E-state index >= 15 is 0 Å². The number of methoxy groups -OCH3 is 1. The summed E-state index contributed by atoms with van der Waals surface area (Å²) in [4.78, 5) is 0. The molecule has 152 valence electrons. The van der Waals surface area contributed by atoms with Crippen molar-refractivity contribution in [2.24, 2.45) is 0 Å². The fourth-order valence-electron chi connectivity index (χ4n) is 3.44. The Hall–Kier alpha value is -2.56. The van der Waals surface area contributed by atoms with Crippen molar-refractivity contribution in [3.05, 3.63) is 71.8 Å². The van der Waals surface area contributed by atoms with Crippen LogP contribution < -0.4 is 14.8 Å². The lowest BCUT2D eigenvalue weighted by molar-refractivity contribution is 0.172. The van der Waals surface area contributed by atoms with Gasteiger partial charge in [0, 0.05) is 38.1 Å². The third kappa shape index (κ3) is 5.49. The molecule has 0 bridgehead atoms. The summed E-state index contributed by atoms with van der Waals surface area (Å²) in [6.45, 7) is 2.79. The number of nitrogens with one attached hydrogen (secondary N) is 1.